The number of aromatic nitrogens is 1. The van der Waals surface area contributed by atoms with Gasteiger partial charge in [-0.3, -0.25) is 4.39 Å². The zero-order valence-corrected chi connectivity index (χ0v) is 8.29. The van der Waals surface area contributed by atoms with Crippen LogP contribution in [-0.4, -0.2) is 24.8 Å². The van der Waals surface area contributed by atoms with Gasteiger partial charge in [0, 0.05) is 12.6 Å². The average Bonchev–Trinajstić information content (AvgIpc) is 2.21. The monoisotopic (exact) mass is 198 g/mol. The van der Waals surface area contributed by atoms with Gasteiger partial charge in [-0.2, -0.15) is 0 Å². The fourth-order valence-corrected chi connectivity index (χ4v) is 1.02. The van der Waals surface area contributed by atoms with Crippen molar-refractivity contribution in [1.29, 1.82) is 0 Å². The minimum atomic E-state index is -0.294. The Kier molecular flexibility index (Phi) is 4.75. The summed E-state index contributed by atoms with van der Waals surface area (Å²) in [6, 6.07) is 3.66. The molecule has 0 aliphatic carbocycles. The predicted octanol–water partition coefficient (Wildman–Crippen LogP) is 2.25. The van der Waals surface area contributed by atoms with Crippen LogP contribution in [0.1, 0.15) is 13.3 Å². The number of nitrogens with zero attached hydrogens (tertiary/aromatic N) is 1. The third-order valence-electron chi connectivity index (χ3n) is 1.67. The van der Waals surface area contributed by atoms with E-state index in [0.717, 1.165) is 5.69 Å². The van der Waals surface area contributed by atoms with Gasteiger partial charge in [-0.05, 0) is 19.4 Å². The number of halogens is 1. The van der Waals surface area contributed by atoms with Gasteiger partial charge in [0.15, 0.2) is 0 Å². The van der Waals surface area contributed by atoms with Crippen LogP contribution in [0.4, 0.5) is 10.1 Å². The van der Waals surface area contributed by atoms with E-state index in [4.69, 9.17) is 4.74 Å². The molecule has 14 heavy (non-hydrogen) atoms. The van der Waals surface area contributed by atoms with Gasteiger partial charge in [0.05, 0.1) is 25.2 Å². The summed E-state index contributed by atoms with van der Waals surface area (Å²) in [6.45, 7) is 2.86. The topological polar surface area (TPSA) is 34.1 Å². The summed E-state index contributed by atoms with van der Waals surface area (Å²) in [5, 5.41) is 3.06. The molecule has 0 atom stereocenters. The van der Waals surface area contributed by atoms with Crippen molar-refractivity contribution in [1.82, 2.24) is 4.98 Å². The second-order valence-electron chi connectivity index (χ2n) is 2.79. The molecule has 1 heterocycles. The van der Waals surface area contributed by atoms with E-state index in [2.05, 4.69) is 10.3 Å². The summed E-state index contributed by atoms with van der Waals surface area (Å²) < 4.78 is 17.0. The van der Waals surface area contributed by atoms with Crippen LogP contribution in [0.25, 0.3) is 0 Å². The summed E-state index contributed by atoms with van der Waals surface area (Å²) in [6.07, 6.45) is 2.20. The maximum Gasteiger partial charge on any atom is 0.213 e. The van der Waals surface area contributed by atoms with Crippen LogP contribution in [0.15, 0.2) is 18.3 Å². The standard InChI is InChI=1S/C10H15FN2O/c1-2-14-10-5-4-9(8-13-10)12-7-3-6-11/h4-5,8,12H,2-3,6-7H2,1H3. The van der Waals surface area contributed by atoms with Crippen LogP contribution in [-0.2, 0) is 0 Å². The van der Waals surface area contributed by atoms with E-state index in [1.807, 2.05) is 13.0 Å². The minimum Gasteiger partial charge on any atom is -0.478 e. The molecule has 1 aromatic rings. The van der Waals surface area contributed by atoms with Crippen molar-refractivity contribution < 1.29 is 9.13 Å². The smallest absolute Gasteiger partial charge is 0.213 e. The first-order chi connectivity index (χ1) is 6.86. The first kappa shape index (κ1) is 10.8. The molecule has 0 unspecified atom stereocenters. The maximum absolute atomic E-state index is 11.8. The Balaban J connectivity index is 2.38. The fourth-order valence-electron chi connectivity index (χ4n) is 1.02. The van der Waals surface area contributed by atoms with Crippen molar-refractivity contribution in [3.8, 4) is 5.88 Å². The van der Waals surface area contributed by atoms with E-state index in [0.29, 0.717) is 25.5 Å². The fraction of sp³-hybridized carbons (Fsp3) is 0.500. The molecule has 0 aromatic carbocycles. The molecule has 78 valence electrons. The van der Waals surface area contributed by atoms with Crippen molar-refractivity contribution in [2.45, 2.75) is 13.3 Å². The Labute approximate surface area is 83.3 Å². The lowest BCUT2D eigenvalue weighted by molar-refractivity contribution is 0.327. The molecule has 0 aliphatic rings. The summed E-state index contributed by atoms with van der Waals surface area (Å²) in [7, 11) is 0. The number of pyridine rings is 1. The molecule has 0 saturated carbocycles. The highest BCUT2D eigenvalue weighted by atomic mass is 19.1. The Morgan fingerprint density at radius 1 is 1.50 bits per heavy atom. The zero-order valence-electron chi connectivity index (χ0n) is 8.29. The van der Waals surface area contributed by atoms with E-state index >= 15 is 0 Å². The Morgan fingerprint density at radius 2 is 2.36 bits per heavy atom. The third-order valence-corrected chi connectivity index (χ3v) is 1.67. The van der Waals surface area contributed by atoms with Crippen molar-refractivity contribution in [3.05, 3.63) is 18.3 Å². The van der Waals surface area contributed by atoms with Gasteiger partial charge in [0.2, 0.25) is 5.88 Å². The summed E-state index contributed by atoms with van der Waals surface area (Å²) in [4.78, 5) is 4.07. The van der Waals surface area contributed by atoms with Crippen molar-refractivity contribution >= 4 is 5.69 Å². The lowest BCUT2D eigenvalue weighted by Gasteiger charge is -2.05. The van der Waals surface area contributed by atoms with Crippen molar-refractivity contribution in [2.75, 3.05) is 25.1 Å². The van der Waals surface area contributed by atoms with E-state index in [-0.39, 0.29) is 6.67 Å². The molecule has 0 amide bonds. The SMILES string of the molecule is CCOc1ccc(NCCCF)cn1. The molecule has 1 rings (SSSR count). The van der Waals surface area contributed by atoms with Gasteiger partial charge in [-0.25, -0.2) is 4.98 Å². The molecule has 0 aliphatic heterocycles. The van der Waals surface area contributed by atoms with E-state index in [1.165, 1.54) is 0 Å². The molecule has 1 aromatic heterocycles. The van der Waals surface area contributed by atoms with Gasteiger partial charge < -0.3 is 10.1 Å². The lowest BCUT2D eigenvalue weighted by atomic mass is 10.4. The van der Waals surface area contributed by atoms with Crippen LogP contribution in [0.3, 0.4) is 0 Å². The lowest BCUT2D eigenvalue weighted by Crippen LogP contribution is -2.02. The van der Waals surface area contributed by atoms with E-state index < -0.39 is 0 Å². The van der Waals surface area contributed by atoms with E-state index in [9.17, 15) is 4.39 Å². The van der Waals surface area contributed by atoms with Crippen LogP contribution in [0.5, 0.6) is 5.88 Å². The number of ether oxygens (including phenoxy) is 1. The van der Waals surface area contributed by atoms with Crippen LogP contribution >= 0.6 is 0 Å². The van der Waals surface area contributed by atoms with Gasteiger partial charge in [0.25, 0.3) is 0 Å². The number of nitrogens with one attached hydrogen (secondary N) is 1. The summed E-state index contributed by atoms with van der Waals surface area (Å²) in [5.74, 6) is 0.614. The molecule has 0 radical (unpaired) electrons. The predicted molar refractivity (Wildman–Crippen MR) is 54.5 cm³/mol. The number of anilines is 1. The average molecular weight is 198 g/mol. The highest BCUT2D eigenvalue weighted by Gasteiger charge is 1.94. The molecule has 0 bridgehead atoms. The van der Waals surface area contributed by atoms with Gasteiger partial charge in [-0.15, -0.1) is 0 Å². The molecule has 0 saturated heterocycles. The molecular formula is C10H15FN2O. The van der Waals surface area contributed by atoms with E-state index in [1.54, 1.807) is 12.3 Å². The largest absolute Gasteiger partial charge is 0.478 e. The normalized spacial score (nSPS) is 9.86. The second kappa shape index (κ2) is 6.18. The highest BCUT2D eigenvalue weighted by Crippen LogP contribution is 2.11. The Morgan fingerprint density at radius 3 is 2.93 bits per heavy atom. The van der Waals surface area contributed by atoms with Gasteiger partial charge in [-0.1, -0.05) is 0 Å². The first-order valence-corrected chi connectivity index (χ1v) is 4.75. The molecule has 0 fully saturated rings. The molecule has 1 N–H and O–H groups in total. The van der Waals surface area contributed by atoms with Crippen LogP contribution in [0, 0.1) is 0 Å². The molecule has 0 spiro atoms. The van der Waals surface area contributed by atoms with Crippen molar-refractivity contribution in [3.63, 3.8) is 0 Å². The highest BCUT2D eigenvalue weighted by molar-refractivity contribution is 5.41. The molecule has 4 heteroatoms. The Bertz CT molecular complexity index is 251. The number of alkyl halides is 1. The van der Waals surface area contributed by atoms with Crippen molar-refractivity contribution in [2.24, 2.45) is 0 Å². The molecular weight excluding hydrogens is 183 g/mol. The Hall–Kier alpha value is -1.32. The van der Waals surface area contributed by atoms with Gasteiger partial charge in [0.1, 0.15) is 0 Å². The second-order valence-corrected chi connectivity index (χ2v) is 2.79. The zero-order chi connectivity index (χ0) is 10.2. The summed E-state index contributed by atoms with van der Waals surface area (Å²) in [5.41, 5.74) is 0.891. The minimum absolute atomic E-state index is 0.294. The van der Waals surface area contributed by atoms with Crippen LogP contribution in [0.2, 0.25) is 0 Å². The number of hydrogen-bond acceptors (Lipinski definition) is 3. The number of rotatable bonds is 6. The summed E-state index contributed by atoms with van der Waals surface area (Å²) >= 11 is 0. The first-order valence-electron chi connectivity index (χ1n) is 4.75. The van der Waals surface area contributed by atoms with Gasteiger partial charge >= 0.3 is 0 Å². The quantitative estimate of drug-likeness (QED) is 0.712. The molecule has 3 nitrogen and oxygen atoms in total. The maximum atomic E-state index is 11.8. The third kappa shape index (κ3) is 3.60. The van der Waals surface area contributed by atoms with Crippen LogP contribution < -0.4 is 10.1 Å². The number of hydrogen-bond donors (Lipinski definition) is 1.